The molecule has 1 aliphatic heterocycles. The molecule has 1 amide bonds. The topological polar surface area (TPSA) is 85.1 Å². The van der Waals surface area contributed by atoms with Gasteiger partial charge in [-0.25, -0.2) is 9.59 Å². The molecule has 1 aliphatic rings. The Labute approximate surface area is 318 Å². The number of nitrogens with zero attached hydrogens (tertiary/aromatic N) is 6. The van der Waals surface area contributed by atoms with E-state index in [0.717, 1.165) is 51.9 Å². The summed E-state index contributed by atoms with van der Waals surface area (Å²) < 4.78 is 15.4. The molecule has 53 heavy (non-hydrogen) atoms. The number of benzene rings is 3. The zero-order valence-corrected chi connectivity index (χ0v) is 33.2. The molecule has 10 nitrogen and oxygen atoms in total. The standard InChI is InChI=1S/C42H53ClN6O4/c1-9-52-40(50)39-32(17-13-21-45(7)35-18-12-15-30-14-10-11-16-31(30)35)33-19-20-34(43)37(36-28(2)44-46(8)29(36)3)38(33)49(39)27-24-47-22-25-48(26-23-47)41(51)53-42(4,5)6/h10-12,14-16,18-20H,9,13,17,21-27H2,1-8H3. The smallest absolute Gasteiger partial charge is 0.410 e. The van der Waals surface area contributed by atoms with Crippen LogP contribution in [0.4, 0.5) is 10.5 Å². The highest BCUT2D eigenvalue weighted by Gasteiger charge is 2.30. The average Bonchev–Trinajstić information content (AvgIpc) is 3.57. The van der Waals surface area contributed by atoms with Crippen LogP contribution >= 0.6 is 11.6 Å². The van der Waals surface area contributed by atoms with Gasteiger partial charge in [0, 0.05) is 93.2 Å². The fourth-order valence-electron chi connectivity index (χ4n) is 7.65. The highest BCUT2D eigenvalue weighted by atomic mass is 35.5. The minimum atomic E-state index is -0.541. The van der Waals surface area contributed by atoms with Gasteiger partial charge < -0.3 is 23.8 Å². The first-order valence-corrected chi connectivity index (χ1v) is 19.1. The summed E-state index contributed by atoms with van der Waals surface area (Å²) in [5.41, 5.74) is 6.84. The van der Waals surface area contributed by atoms with Crippen LogP contribution in [0.25, 0.3) is 32.8 Å². The Bertz CT molecular complexity index is 2120. The van der Waals surface area contributed by atoms with Crippen molar-refractivity contribution in [2.24, 2.45) is 7.05 Å². The molecule has 0 radical (unpaired) electrons. The molecule has 1 fully saturated rings. The summed E-state index contributed by atoms with van der Waals surface area (Å²) in [6.45, 7) is 16.4. The van der Waals surface area contributed by atoms with Crippen LogP contribution in [0.2, 0.25) is 5.02 Å². The molecule has 0 unspecified atom stereocenters. The van der Waals surface area contributed by atoms with Crippen molar-refractivity contribution in [3.8, 4) is 11.1 Å². The van der Waals surface area contributed by atoms with Crippen LogP contribution in [-0.4, -0.2) is 94.7 Å². The second-order valence-electron chi connectivity index (χ2n) is 15.0. The van der Waals surface area contributed by atoms with Crippen LogP contribution in [-0.2, 0) is 29.5 Å². The van der Waals surface area contributed by atoms with E-state index < -0.39 is 5.60 Å². The number of hydrogen-bond donors (Lipinski definition) is 0. The summed E-state index contributed by atoms with van der Waals surface area (Å²) in [6.07, 6.45) is 1.21. The second-order valence-corrected chi connectivity index (χ2v) is 15.4. The van der Waals surface area contributed by atoms with E-state index in [2.05, 4.69) is 76.9 Å². The Kier molecular flexibility index (Phi) is 11.4. The molecule has 5 aromatic rings. The number of amides is 1. The molecule has 3 heterocycles. The number of ether oxygens (including phenoxy) is 2. The lowest BCUT2D eigenvalue weighted by atomic mass is 9.98. The van der Waals surface area contributed by atoms with E-state index in [9.17, 15) is 9.59 Å². The zero-order valence-electron chi connectivity index (χ0n) is 32.5. The number of aromatic nitrogens is 3. The number of hydrogen-bond acceptors (Lipinski definition) is 7. The normalized spacial score (nSPS) is 13.9. The van der Waals surface area contributed by atoms with E-state index in [0.29, 0.717) is 56.4 Å². The molecule has 0 bridgehead atoms. The van der Waals surface area contributed by atoms with Crippen molar-refractivity contribution < 1.29 is 19.1 Å². The number of aryl methyl sites for hydroxylation is 3. The third kappa shape index (κ3) is 8.04. The Morgan fingerprint density at radius 3 is 2.32 bits per heavy atom. The van der Waals surface area contributed by atoms with Gasteiger partial charge in [-0.05, 0) is 77.5 Å². The van der Waals surface area contributed by atoms with Gasteiger partial charge in [-0.2, -0.15) is 5.10 Å². The number of piperazine rings is 1. The van der Waals surface area contributed by atoms with Gasteiger partial charge in [0.05, 0.1) is 22.8 Å². The maximum absolute atomic E-state index is 14.1. The van der Waals surface area contributed by atoms with Crippen molar-refractivity contribution in [1.82, 2.24) is 24.1 Å². The quantitative estimate of drug-likeness (QED) is 0.126. The summed E-state index contributed by atoms with van der Waals surface area (Å²) in [4.78, 5) is 33.3. The number of halogens is 1. The van der Waals surface area contributed by atoms with E-state index in [-0.39, 0.29) is 18.7 Å². The van der Waals surface area contributed by atoms with Gasteiger partial charge in [-0.3, -0.25) is 9.58 Å². The predicted octanol–water partition coefficient (Wildman–Crippen LogP) is 8.26. The molecule has 0 atom stereocenters. The SMILES string of the molecule is CCOC(=O)c1c(CCCN(C)c2cccc3ccccc23)c2ccc(Cl)c(-c3c(C)nn(C)c3C)c2n1CCN1CCN(C(=O)OC(C)(C)C)CC1. The third-order valence-electron chi connectivity index (χ3n) is 10.3. The van der Waals surface area contributed by atoms with E-state index >= 15 is 0 Å². The van der Waals surface area contributed by atoms with Gasteiger partial charge in [-0.1, -0.05) is 54.1 Å². The molecule has 0 N–H and O–H groups in total. The second kappa shape index (κ2) is 15.8. The fourth-order valence-corrected chi connectivity index (χ4v) is 7.90. The number of rotatable bonds is 11. The maximum atomic E-state index is 14.1. The Balaban J connectivity index is 1.37. The van der Waals surface area contributed by atoms with Gasteiger partial charge in [-0.15, -0.1) is 0 Å². The van der Waals surface area contributed by atoms with Gasteiger partial charge in [0.1, 0.15) is 11.3 Å². The van der Waals surface area contributed by atoms with Crippen molar-refractivity contribution in [3.05, 3.63) is 82.3 Å². The molecule has 282 valence electrons. The van der Waals surface area contributed by atoms with Crippen LogP contribution in [0.3, 0.4) is 0 Å². The Morgan fingerprint density at radius 2 is 1.64 bits per heavy atom. The molecular formula is C42H53ClN6O4. The highest BCUT2D eigenvalue weighted by Crippen LogP contribution is 2.42. The van der Waals surface area contributed by atoms with Crippen LogP contribution in [0.1, 0.15) is 61.6 Å². The first-order chi connectivity index (χ1) is 25.3. The molecule has 0 aliphatic carbocycles. The summed E-state index contributed by atoms with van der Waals surface area (Å²) in [5, 5.41) is 8.78. The molecule has 6 rings (SSSR count). The average molecular weight is 741 g/mol. The first-order valence-electron chi connectivity index (χ1n) is 18.7. The molecule has 0 saturated carbocycles. The monoisotopic (exact) mass is 740 g/mol. The van der Waals surface area contributed by atoms with Crippen LogP contribution < -0.4 is 4.90 Å². The van der Waals surface area contributed by atoms with Crippen LogP contribution in [0, 0.1) is 13.8 Å². The minimum Gasteiger partial charge on any atom is -0.461 e. The van der Waals surface area contributed by atoms with E-state index in [1.54, 1.807) is 4.90 Å². The van der Waals surface area contributed by atoms with E-state index in [1.165, 1.54) is 16.5 Å². The zero-order chi connectivity index (χ0) is 38.0. The number of anilines is 1. The van der Waals surface area contributed by atoms with Crippen molar-refractivity contribution in [1.29, 1.82) is 0 Å². The molecular weight excluding hydrogens is 688 g/mol. The summed E-state index contributed by atoms with van der Waals surface area (Å²) in [7, 11) is 4.07. The predicted molar refractivity (Wildman–Crippen MR) is 214 cm³/mol. The lowest BCUT2D eigenvalue weighted by Crippen LogP contribution is -2.50. The lowest BCUT2D eigenvalue weighted by molar-refractivity contribution is 0.0142. The van der Waals surface area contributed by atoms with Crippen molar-refractivity contribution in [3.63, 3.8) is 0 Å². The largest absolute Gasteiger partial charge is 0.461 e. The number of esters is 1. The van der Waals surface area contributed by atoms with Gasteiger partial charge in [0.15, 0.2) is 0 Å². The van der Waals surface area contributed by atoms with Crippen molar-refractivity contribution in [2.75, 3.05) is 57.8 Å². The summed E-state index contributed by atoms with van der Waals surface area (Å²) in [5.74, 6) is -0.336. The van der Waals surface area contributed by atoms with Gasteiger partial charge in [0.25, 0.3) is 0 Å². The number of carbonyl (C=O) groups excluding carboxylic acids is 2. The Morgan fingerprint density at radius 1 is 0.925 bits per heavy atom. The van der Waals surface area contributed by atoms with Crippen molar-refractivity contribution >= 4 is 51.0 Å². The van der Waals surface area contributed by atoms with Crippen LogP contribution in [0.5, 0.6) is 0 Å². The van der Waals surface area contributed by atoms with Gasteiger partial charge >= 0.3 is 12.1 Å². The molecule has 11 heteroatoms. The number of fused-ring (bicyclic) bond motifs is 2. The molecule has 0 spiro atoms. The van der Waals surface area contributed by atoms with E-state index in [1.807, 2.05) is 52.4 Å². The van der Waals surface area contributed by atoms with E-state index in [4.69, 9.17) is 26.2 Å². The lowest BCUT2D eigenvalue weighted by Gasteiger charge is -2.35. The summed E-state index contributed by atoms with van der Waals surface area (Å²) >= 11 is 7.13. The Hall–Kier alpha value is -4.54. The number of carbonyl (C=O) groups is 2. The molecule has 2 aromatic heterocycles. The molecule has 1 saturated heterocycles. The maximum Gasteiger partial charge on any atom is 0.410 e. The molecule has 3 aromatic carbocycles. The fraction of sp³-hybridized carbons (Fsp3) is 0.452. The van der Waals surface area contributed by atoms with Crippen LogP contribution in [0.15, 0.2) is 54.6 Å². The third-order valence-corrected chi connectivity index (χ3v) is 10.6. The highest BCUT2D eigenvalue weighted by molar-refractivity contribution is 6.35. The minimum absolute atomic E-state index is 0.269. The summed E-state index contributed by atoms with van der Waals surface area (Å²) in [6, 6.07) is 18.9. The van der Waals surface area contributed by atoms with Crippen molar-refractivity contribution in [2.45, 2.75) is 66.5 Å². The van der Waals surface area contributed by atoms with Gasteiger partial charge in [0.2, 0.25) is 0 Å². The first kappa shape index (κ1) is 38.2.